The number of morpholine rings is 1. The third-order valence-electron chi connectivity index (χ3n) is 6.11. The molecule has 2 aromatic rings. The molecule has 2 aliphatic rings. The minimum atomic E-state index is -3.48. The van der Waals surface area contributed by atoms with Crippen LogP contribution in [0, 0.1) is 0 Å². The van der Waals surface area contributed by atoms with Crippen LogP contribution < -0.4 is 5.32 Å². The van der Waals surface area contributed by atoms with Gasteiger partial charge in [0.25, 0.3) is 0 Å². The van der Waals surface area contributed by atoms with E-state index in [2.05, 4.69) is 10.2 Å². The molecule has 1 aromatic carbocycles. The Hall–Kier alpha value is -1.94. The number of benzene rings is 1. The molecule has 0 unspecified atom stereocenters. The highest BCUT2D eigenvalue weighted by Gasteiger charge is 2.25. The molecule has 3 heterocycles. The van der Waals surface area contributed by atoms with Gasteiger partial charge in [0.2, 0.25) is 15.9 Å². The van der Waals surface area contributed by atoms with Gasteiger partial charge in [-0.3, -0.25) is 9.69 Å². The molecule has 1 N–H and O–H groups in total. The van der Waals surface area contributed by atoms with E-state index in [0.717, 1.165) is 69.4 Å². The van der Waals surface area contributed by atoms with Gasteiger partial charge in [-0.2, -0.15) is 4.31 Å². The van der Waals surface area contributed by atoms with Gasteiger partial charge in [0.05, 0.1) is 18.1 Å². The number of hydrogen-bond donors (Lipinski definition) is 1. The van der Waals surface area contributed by atoms with E-state index in [-0.39, 0.29) is 12.5 Å². The number of rotatable bonds is 7. The number of sulfonamides is 1. The van der Waals surface area contributed by atoms with Crippen molar-refractivity contribution in [1.82, 2.24) is 19.1 Å². The number of hydrogen-bond acceptors (Lipinski definition) is 5. The fraction of sp³-hybridized carbons (Fsp3) is 0.591. The van der Waals surface area contributed by atoms with Crippen LogP contribution in [0.15, 0.2) is 35.4 Å². The van der Waals surface area contributed by atoms with Crippen LogP contribution in [0.25, 0.3) is 10.9 Å². The maximum absolute atomic E-state index is 13.1. The zero-order chi connectivity index (χ0) is 21.7. The summed E-state index contributed by atoms with van der Waals surface area (Å²) in [7, 11) is -3.48. The number of carbonyl (C=O) groups is 1. The molecule has 0 saturated carbocycles. The van der Waals surface area contributed by atoms with Gasteiger partial charge in [-0.15, -0.1) is 0 Å². The van der Waals surface area contributed by atoms with E-state index in [9.17, 15) is 13.2 Å². The van der Waals surface area contributed by atoms with Gasteiger partial charge in [-0.05, 0) is 37.1 Å². The maximum atomic E-state index is 13.1. The molecule has 31 heavy (non-hydrogen) atoms. The molecule has 2 fully saturated rings. The molecule has 0 aliphatic carbocycles. The first kappa shape index (κ1) is 22.3. The van der Waals surface area contributed by atoms with Gasteiger partial charge in [0, 0.05) is 56.4 Å². The minimum Gasteiger partial charge on any atom is -0.379 e. The lowest BCUT2D eigenvalue weighted by molar-refractivity contribution is -0.121. The first-order valence-corrected chi connectivity index (χ1v) is 12.6. The van der Waals surface area contributed by atoms with Crippen LogP contribution in [-0.2, 0) is 26.1 Å². The molecule has 0 atom stereocenters. The van der Waals surface area contributed by atoms with Crippen molar-refractivity contribution < 1.29 is 17.9 Å². The number of nitrogens with one attached hydrogen (secondary N) is 1. The Morgan fingerprint density at radius 3 is 2.48 bits per heavy atom. The zero-order valence-electron chi connectivity index (χ0n) is 18.0. The van der Waals surface area contributed by atoms with Gasteiger partial charge in [-0.25, -0.2) is 8.42 Å². The minimum absolute atomic E-state index is 0.0491. The third kappa shape index (κ3) is 5.46. The molecule has 1 amide bonds. The molecular weight excluding hydrogens is 416 g/mol. The van der Waals surface area contributed by atoms with Crippen LogP contribution in [0.4, 0.5) is 0 Å². The van der Waals surface area contributed by atoms with Crippen LogP contribution in [0.2, 0.25) is 0 Å². The standard InChI is InChI=1S/C22H32N4O4S/c27-22(23-8-12-24-13-15-30-16-14-24)18-25-11-7-19-17-20(5-6-21(19)25)31(28,29)26-9-3-1-2-4-10-26/h5-7,11,17H,1-4,8-10,12-16,18H2,(H,23,27). The molecule has 4 rings (SSSR count). The van der Waals surface area contributed by atoms with E-state index in [1.54, 1.807) is 22.5 Å². The van der Waals surface area contributed by atoms with Crippen molar-refractivity contribution in [3.05, 3.63) is 30.5 Å². The Kier molecular flexibility index (Phi) is 7.27. The van der Waals surface area contributed by atoms with Crippen molar-refractivity contribution >= 4 is 26.8 Å². The largest absolute Gasteiger partial charge is 0.379 e. The van der Waals surface area contributed by atoms with Crippen molar-refractivity contribution in [3.8, 4) is 0 Å². The van der Waals surface area contributed by atoms with E-state index in [1.165, 1.54) is 0 Å². The van der Waals surface area contributed by atoms with Crippen LogP contribution in [0.3, 0.4) is 0 Å². The second kappa shape index (κ2) is 10.1. The summed E-state index contributed by atoms with van der Waals surface area (Å²) in [5.74, 6) is -0.0491. The number of amides is 1. The highest BCUT2D eigenvalue weighted by molar-refractivity contribution is 7.89. The average Bonchev–Trinajstić information content (AvgIpc) is 2.98. The Morgan fingerprint density at radius 1 is 1.00 bits per heavy atom. The van der Waals surface area contributed by atoms with Crippen LogP contribution >= 0.6 is 0 Å². The zero-order valence-corrected chi connectivity index (χ0v) is 18.8. The molecule has 0 bridgehead atoms. The SMILES string of the molecule is O=C(Cn1ccc2cc(S(=O)(=O)N3CCCCCC3)ccc21)NCCN1CCOCC1. The van der Waals surface area contributed by atoms with E-state index >= 15 is 0 Å². The highest BCUT2D eigenvalue weighted by atomic mass is 32.2. The van der Waals surface area contributed by atoms with Gasteiger partial charge in [-0.1, -0.05) is 12.8 Å². The van der Waals surface area contributed by atoms with Crippen molar-refractivity contribution in [3.63, 3.8) is 0 Å². The summed E-state index contributed by atoms with van der Waals surface area (Å²) < 4.78 is 34.9. The Balaban J connectivity index is 1.38. The summed E-state index contributed by atoms with van der Waals surface area (Å²) in [5, 5.41) is 3.80. The number of carbonyl (C=O) groups excluding carboxylic acids is 1. The highest BCUT2D eigenvalue weighted by Crippen LogP contribution is 2.25. The van der Waals surface area contributed by atoms with Gasteiger partial charge < -0.3 is 14.6 Å². The molecular formula is C22H32N4O4S. The lowest BCUT2D eigenvalue weighted by Gasteiger charge is -2.26. The lowest BCUT2D eigenvalue weighted by Crippen LogP contribution is -2.41. The molecule has 0 radical (unpaired) electrons. The molecule has 0 spiro atoms. The van der Waals surface area contributed by atoms with E-state index < -0.39 is 10.0 Å². The molecule has 9 heteroatoms. The topological polar surface area (TPSA) is 83.9 Å². The van der Waals surface area contributed by atoms with Crippen LogP contribution in [0.5, 0.6) is 0 Å². The van der Waals surface area contributed by atoms with E-state index in [0.29, 0.717) is 24.5 Å². The fourth-order valence-electron chi connectivity index (χ4n) is 4.30. The van der Waals surface area contributed by atoms with Crippen molar-refractivity contribution in [2.24, 2.45) is 0 Å². The number of fused-ring (bicyclic) bond motifs is 1. The second-order valence-corrected chi connectivity index (χ2v) is 10.2. The van der Waals surface area contributed by atoms with Gasteiger partial charge >= 0.3 is 0 Å². The fourth-order valence-corrected chi connectivity index (χ4v) is 5.85. The Bertz CT molecular complexity index is 990. The smallest absolute Gasteiger partial charge is 0.243 e. The number of nitrogens with zero attached hydrogens (tertiary/aromatic N) is 3. The summed E-state index contributed by atoms with van der Waals surface area (Å²) in [5.41, 5.74) is 0.859. The van der Waals surface area contributed by atoms with Crippen molar-refractivity contribution in [1.29, 1.82) is 0 Å². The summed E-state index contributed by atoms with van der Waals surface area (Å²) in [6.45, 7) is 6.12. The normalized spacial score (nSPS) is 19.4. The number of ether oxygens (including phenoxy) is 1. The van der Waals surface area contributed by atoms with Gasteiger partial charge in [0.1, 0.15) is 6.54 Å². The summed E-state index contributed by atoms with van der Waals surface area (Å²) in [6.07, 6.45) is 5.84. The van der Waals surface area contributed by atoms with E-state index in [1.807, 2.05) is 16.8 Å². The van der Waals surface area contributed by atoms with Crippen molar-refractivity contribution in [2.45, 2.75) is 37.1 Å². The van der Waals surface area contributed by atoms with Crippen LogP contribution in [0.1, 0.15) is 25.7 Å². The Morgan fingerprint density at radius 2 is 1.74 bits per heavy atom. The maximum Gasteiger partial charge on any atom is 0.243 e. The molecule has 2 aliphatic heterocycles. The summed E-state index contributed by atoms with van der Waals surface area (Å²) >= 11 is 0. The first-order valence-electron chi connectivity index (χ1n) is 11.2. The number of aromatic nitrogens is 1. The van der Waals surface area contributed by atoms with E-state index in [4.69, 9.17) is 4.74 Å². The quantitative estimate of drug-likeness (QED) is 0.696. The average molecular weight is 449 g/mol. The summed E-state index contributed by atoms with van der Waals surface area (Å²) in [4.78, 5) is 15.0. The monoisotopic (exact) mass is 448 g/mol. The van der Waals surface area contributed by atoms with Crippen LogP contribution in [-0.4, -0.2) is 80.6 Å². The molecule has 1 aromatic heterocycles. The predicted octanol–water partition coefficient (Wildman–Crippen LogP) is 1.65. The molecule has 2 saturated heterocycles. The molecule has 170 valence electrons. The first-order chi connectivity index (χ1) is 15.0. The van der Waals surface area contributed by atoms with Crippen molar-refractivity contribution in [2.75, 3.05) is 52.5 Å². The summed E-state index contributed by atoms with van der Waals surface area (Å²) in [6, 6.07) is 7.07. The second-order valence-electron chi connectivity index (χ2n) is 8.29. The third-order valence-corrected chi connectivity index (χ3v) is 8.01. The lowest BCUT2D eigenvalue weighted by atomic mass is 10.2. The molecule has 8 nitrogen and oxygen atoms in total. The van der Waals surface area contributed by atoms with Gasteiger partial charge in [0.15, 0.2) is 0 Å². The Labute approximate surface area is 184 Å². The predicted molar refractivity (Wildman–Crippen MR) is 119 cm³/mol.